The topological polar surface area (TPSA) is 37.4 Å². The fourth-order valence-corrected chi connectivity index (χ4v) is 4.56. The minimum absolute atomic E-state index is 0.249. The van der Waals surface area contributed by atoms with Crippen LogP contribution in [0.4, 0.5) is 4.39 Å². The van der Waals surface area contributed by atoms with E-state index in [0.717, 1.165) is 12.8 Å². The molecule has 1 heterocycles. The molecule has 0 amide bonds. The van der Waals surface area contributed by atoms with Crippen LogP contribution in [-0.4, -0.2) is 24.8 Å². The van der Waals surface area contributed by atoms with Gasteiger partial charge in [-0.05, 0) is 44.9 Å². The minimum Gasteiger partial charge on any atom is -0.207 e. The first-order chi connectivity index (χ1) is 8.25. The maximum atomic E-state index is 13.8. The Morgan fingerprint density at radius 2 is 2.06 bits per heavy atom. The summed E-state index contributed by atoms with van der Waals surface area (Å²) in [5.41, 5.74) is -0.446. The van der Waals surface area contributed by atoms with Crippen molar-refractivity contribution in [1.29, 1.82) is 0 Å². The molecular formula is C12H15BrFNO2S. The number of nitrogens with zero attached hydrogens (tertiary/aromatic N) is 1. The van der Waals surface area contributed by atoms with E-state index < -0.39 is 21.4 Å². The quantitative estimate of drug-likeness (QED) is 0.832. The molecule has 0 bridgehead atoms. The van der Waals surface area contributed by atoms with Crippen molar-refractivity contribution in [1.82, 2.24) is 4.31 Å². The van der Waals surface area contributed by atoms with Gasteiger partial charge in [-0.2, -0.15) is 4.31 Å². The number of benzene rings is 1. The third-order valence-corrected chi connectivity index (χ3v) is 5.92. The monoisotopic (exact) mass is 335 g/mol. The summed E-state index contributed by atoms with van der Waals surface area (Å²) in [5.74, 6) is -0.716. The van der Waals surface area contributed by atoms with Crippen LogP contribution in [0.1, 0.15) is 26.7 Å². The Morgan fingerprint density at radius 1 is 1.39 bits per heavy atom. The van der Waals surface area contributed by atoms with E-state index in [1.807, 2.05) is 13.8 Å². The van der Waals surface area contributed by atoms with Gasteiger partial charge in [0.15, 0.2) is 0 Å². The summed E-state index contributed by atoms with van der Waals surface area (Å²) in [7, 11) is -3.76. The van der Waals surface area contributed by atoms with Gasteiger partial charge in [-0.1, -0.05) is 15.9 Å². The molecule has 0 atom stereocenters. The van der Waals surface area contributed by atoms with E-state index in [2.05, 4.69) is 15.9 Å². The van der Waals surface area contributed by atoms with Gasteiger partial charge in [-0.25, -0.2) is 12.8 Å². The first-order valence-electron chi connectivity index (χ1n) is 5.73. The molecule has 0 aromatic heterocycles. The zero-order valence-corrected chi connectivity index (χ0v) is 12.7. The molecule has 3 nitrogen and oxygen atoms in total. The van der Waals surface area contributed by atoms with Gasteiger partial charge < -0.3 is 0 Å². The molecule has 0 N–H and O–H groups in total. The Kier molecular flexibility index (Phi) is 3.55. The first-order valence-corrected chi connectivity index (χ1v) is 7.96. The number of hydrogen-bond acceptors (Lipinski definition) is 2. The second-order valence-corrected chi connectivity index (χ2v) is 7.81. The van der Waals surface area contributed by atoms with Gasteiger partial charge in [0, 0.05) is 16.6 Å². The third-order valence-electron chi connectivity index (χ3n) is 3.29. The van der Waals surface area contributed by atoms with E-state index in [4.69, 9.17) is 0 Å². The molecular weight excluding hydrogens is 321 g/mol. The lowest BCUT2D eigenvalue weighted by Gasteiger charge is -2.30. The Morgan fingerprint density at radius 3 is 2.56 bits per heavy atom. The zero-order chi connectivity index (χ0) is 13.6. The smallest absolute Gasteiger partial charge is 0.207 e. The summed E-state index contributed by atoms with van der Waals surface area (Å²) >= 11 is 3.12. The normalized spacial score (nSPS) is 20.2. The van der Waals surface area contributed by atoms with Gasteiger partial charge in [0.2, 0.25) is 10.0 Å². The van der Waals surface area contributed by atoms with Gasteiger partial charge >= 0.3 is 0 Å². The Bertz CT molecular complexity index is 571. The van der Waals surface area contributed by atoms with Crippen LogP contribution in [0.25, 0.3) is 0 Å². The van der Waals surface area contributed by atoms with Crippen LogP contribution in [0.15, 0.2) is 27.6 Å². The second kappa shape index (κ2) is 4.58. The van der Waals surface area contributed by atoms with Crippen LogP contribution >= 0.6 is 15.9 Å². The van der Waals surface area contributed by atoms with E-state index in [1.165, 1.54) is 16.4 Å². The molecule has 1 aliphatic heterocycles. The van der Waals surface area contributed by atoms with Crippen molar-refractivity contribution in [2.24, 2.45) is 0 Å². The zero-order valence-electron chi connectivity index (χ0n) is 10.3. The van der Waals surface area contributed by atoms with E-state index in [0.29, 0.717) is 11.0 Å². The summed E-state index contributed by atoms with van der Waals surface area (Å²) in [6, 6.07) is 4.03. The molecule has 2 rings (SSSR count). The highest BCUT2D eigenvalue weighted by atomic mass is 79.9. The minimum atomic E-state index is -3.76. The highest BCUT2D eigenvalue weighted by Crippen LogP contribution is 2.34. The molecule has 1 fully saturated rings. The van der Waals surface area contributed by atoms with Gasteiger partial charge in [0.05, 0.1) is 0 Å². The molecule has 1 saturated heterocycles. The average molecular weight is 336 g/mol. The summed E-state index contributed by atoms with van der Waals surface area (Å²) < 4.78 is 40.6. The summed E-state index contributed by atoms with van der Waals surface area (Å²) in [6.07, 6.45) is 1.61. The highest BCUT2D eigenvalue weighted by Gasteiger charge is 2.41. The van der Waals surface area contributed by atoms with Crippen molar-refractivity contribution in [3.05, 3.63) is 28.5 Å². The number of sulfonamides is 1. The molecule has 1 aliphatic rings. The Balaban J connectivity index is 2.49. The maximum Gasteiger partial charge on any atom is 0.246 e. The Hall–Kier alpha value is -0.460. The lowest BCUT2D eigenvalue weighted by molar-refractivity contribution is 0.290. The first kappa shape index (κ1) is 14.0. The van der Waals surface area contributed by atoms with E-state index in [1.54, 1.807) is 6.07 Å². The second-order valence-electron chi connectivity index (χ2n) is 5.07. The van der Waals surface area contributed by atoms with Crippen molar-refractivity contribution in [3.63, 3.8) is 0 Å². The molecule has 18 heavy (non-hydrogen) atoms. The van der Waals surface area contributed by atoms with Crippen molar-refractivity contribution in [2.45, 2.75) is 37.1 Å². The number of hydrogen-bond donors (Lipinski definition) is 0. The summed E-state index contributed by atoms with van der Waals surface area (Å²) in [5, 5.41) is 0. The van der Waals surface area contributed by atoms with Crippen LogP contribution < -0.4 is 0 Å². The van der Waals surface area contributed by atoms with Crippen LogP contribution in [0.2, 0.25) is 0 Å². The SMILES string of the molecule is CC1(C)CCCN1S(=O)(=O)c1ccc(Br)cc1F. The van der Waals surface area contributed by atoms with Crippen LogP contribution in [0, 0.1) is 5.82 Å². The van der Waals surface area contributed by atoms with Crippen LogP contribution in [0.3, 0.4) is 0 Å². The predicted molar refractivity (Wildman–Crippen MR) is 71.3 cm³/mol. The largest absolute Gasteiger partial charge is 0.246 e. The fourth-order valence-electron chi connectivity index (χ4n) is 2.33. The maximum absolute atomic E-state index is 13.8. The van der Waals surface area contributed by atoms with Crippen molar-refractivity contribution in [2.75, 3.05) is 6.54 Å². The summed E-state index contributed by atoms with van der Waals surface area (Å²) in [4.78, 5) is -0.249. The Labute approximate surface area is 115 Å². The van der Waals surface area contributed by atoms with E-state index in [-0.39, 0.29) is 4.90 Å². The van der Waals surface area contributed by atoms with Gasteiger partial charge in [-0.3, -0.25) is 0 Å². The van der Waals surface area contributed by atoms with Gasteiger partial charge in [-0.15, -0.1) is 0 Å². The molecule has 100 valence electrons. The lowest BCUT2D eigenvalue weighted by Crippen LogP contribution is -2.42. The molecule has 0 unspecified atom stereocenters. The van der Waals surface area contributed by atoms with Crippen molar-refractivity contribution < 1.29 is 12.8 Å². The molecule has 1 aromatic rings. The standard InChI is InChI=1S/C12H15BrFNO2S/c1-12(2)6-3-7-15(12)18(16,17)11-5-4-9(13)8-10(11)14/h4-5,8H,3,6-7H2,1-2H3. The number of halogens is 2. The van der Waals surface area contributed by atoms with E-state index in [9.17, 15) is 12.8 Å². The molecule has 0 spiro atoms. The average Bonchev–Trinajstić information content (AvgIpc) is 2.58. The fraction of sp³-hybridized carbons (Fsp3) is 0.500. The van der Waals surface area contributed by atoms with Gasteiger partial charge in [0.25, 0.3) is 0 Å². The van der Waals surface area contributed by atoms with Crippen LogP contribution in [0.5, 0.6) is 0 Å². The molecule has 6 heteroatoms. The molecule has 1 aromatic carbocycles. The molecule has 0 saturated carbocycles. The molecule has 0 radical (unpaired) electrons. The lowest BCUT2D eigenvalue weighted by atomic mass is 10.0. The van der Waals surface area contributed by atoms with Crippen LogP contribution in [-0.2, 0) is 10.0 Å². The van der Waals surface area contributed by atoms with Crippen molar-refractivity contribution >= 4 is 26.0 Å². The van der Waals surface area contributed by atoms with Gasteiger partial charge in [0.1, 0.15) is 10.7 Å². The highest BCUT2D eigenvalue weighted by molar-refractivity contribution is 9.10. The molecule has 0 aliphatic carbocycles. The number of rotatable bonds is 2. The third kappa shape index (κ3) is 2.33. The predicted octanol–water partition coefficient (Wildman–Crippen LogP) is 3.15. The van der Waals surface area contributed by atoms with Crippen molar-refractivity contribution in [3.8, 4) is 0 Å². The van der Waals surface area contributed by atoms with E-state index >= 15 is 0 Å². The summed E-state index contributed by atoms with van der Waals surface area (Å²) in [6.45, 7) is 4.19.